The van der Waals surface area contributed by atoms with Gasteiger partial charge in [0.05, 0.1) is 6.61 Å². The Labute approximate surface area is 52.0 Å². The van der Waals surface area contributed by atoms with Crippen LogP contribution in [0, 0.1) is 0 Å². The predicted molar refractivity (Wildman–Crippen MR) is 28.6 cm³/mol. The van der Waals surface area contributed by atoms with Crippen molar-refractivity contribution < 1.29 is 19.7 Å². The van der Waals surface area contributed by atoms with Gasteiger partial charge in [-0.25, -0.2) is 0 Å². The van der Waals surface area contributed by atoms with Crippen molar-refractivity contribution in [3.05, 3.63) is 0 Å². The van der Waals surface area contributed by atoms with Crippen molar-refractivity contribution in [1.82, 2.24) is 0 Å². The maximum atomic E-state index is 9.92. The van der Waals surface area contributed by atoms with Crippen LogP contribution < -0.4 is 5.73 Å². The standard InChI is InChI=1S/C4H9NO4/c5-3(4(7)8)1-9-2-6/h3,6H,1-2,5H2,(H,7,8). The van der Waals surface area contributed by atoms with E-state index in [-0.39, 0.29) is 6.61 Å². The summed E-state index contributed by atoms with van der Waals surface area (Å²) >= 11 is 0. The molecule has 0 aliphatic rings. The van der Waals surface area contributed by atoms with Gasteiger partial charge in [-0.1, -0.05) is 0 Å². The molecule has 0 spiro atoms. The summed E-state index contributed by atoms with van der Waals surface area (Å²) in [6.45, 7) is -0.660. The molecule has 0 amide bonds. The lowest BCUT2D eigenvalue weighted by Gasteiger charge is -2.03. The molecule has 0 radical (unpaired) electrons. The first-order valence-electron chi connectivity index (χ1n) is 2.35. The predicted octanol–water partition coefficient (Wildman–Crippen LogP) is -1.64. The SMILES string of the molecule is NC(COCO)C(=O)O. The Morgan fingerprint density at radius 2 is 2.33 bits per heavy atom. The van der Waals surface area contributed by atoms with E-state index >= 15 is 0 Å². The van der Waals surface area contributed by atoms with Crippen molar-refractivity contribution in [2.24, 2.45) is 5.73 Å². The van der Waals surface area contributed by atoms with Gasteiger partial charge in [0.25, 0.3) is 0 Å². The molecule has 0 aliphatic carbocycles. The molecule has 0 bridgehead atoms. The minimum atomic E-state index is -1.14. The number of nitrogens with two attached hydrogens (primary N) is 1. The van der Waals surface area contributed by atoms with Gasteiger partial charge in [-0.3, -0.25) is 4.79 Å². The third kappa shape index (κ3) is 3.89. The van der Waals surface area contributed by atoms with E-state index in [1.54, 1.807) is 0 Å². The highest BCUT2D eigenvalue weighted by Crippen LogP contribution is 1.79. The average molecular weight is 135 g/mol. The summed E-state index contributed by atoms with van der Waals surface area (Å²) in [5.74, 6) is -1.14. The molecule has 54 valence electrons. The normalized spacial score (nSPS) is 13.1. The van der Waals surface area contributed by atoms with E-state index < -0.39 is 18.8 Å². The molecule has 0 rings (SSSR count). The molecule has 1 atom stereocenters. The highest BCUT2D eigenvalue weighted by Gasteiger charge is 2.09. The molecule has 0 aromatic rings. The van der Waals surface area contributed by atoms with E-state index in [1.165, 1.54) is 0 Å². The Bertz CT molecular complexity index is 94.6. The molecule has 0 aliphatic heterocycles. The van der Waals surface area contributed by atoms with Crippen LogP contribution in [0.3, 0.4) is 0 Å². The minimum absolute atomic E-state index is 0.161. The van der Waals surface area contributed by atoms with E-state index in [1.807, 2.05) is 0 Å². The van der Waals surface area contributed by atoms with Crippen LogP contribution in [0.1, 0.15) is 0 Å². The summed E-state index contributed by atoms with van der Waals surface area (Å²) < 4.78 is 4.31. The van der Waals surface area contributed by atoms with E-state index in [4.69, 9.17) is 15.9 Å². The number of ether oxygens (including phenoxy) is 1. The maximum Gasteiger partial charge on any atom is 0.322 e. The highest BCUT2D eigenvalue weighted by atomic mass is 16.6. The lowest BCUT2D eigenvalue weighted by atomic mass is 10.3. The molecule has 5 nitrogen and oxygen atoms in total. The van der Waals surface area contributed by atoms with Gasteiger partial charge in [-0.05, 0) is 0 Å². The number of aliphatic hydroxyl groups is 1. The van der Waals surface area contributed by atoms with Gasteiger partial charge in [0.2, 0.25) is 0 Å². The molecule has 0 saturated carbocycles. The summed E-state index contributed by atoms with van der Waals surface area (Å²) in [6, 6.07) is -1.04. The van der Waals surface area contributed by atoms with Crippen LogP contribution in [0.4, 0.5) is 0 Å². The first-order chi connectivity index (χ1) is 4.18. The molecular weight excluding hydrogens is 126 g/mol. The summed E-state index contributed by atoms with van der Waals surface area (Å²) in [6.07, 6.45) is 0. The van der Waals surface area contributed by atoms with Gasteiger partial charge in [-0.15, -0.1) is 0 Å². The van der Waals surface area contributed by atoms with Crippen molar-refractivity contribution in [2.75, 3.05) is 13.4 Å². The topological polar surface area (TPSA) is 92.8 Å². The number of hydrogen-bond donors (Lipinski definition) is 3. The van der Waals surface area contributed by atoms with Crippen LogP contribution in [0.2, 0.25) is 0 Å². The second-order valence-electron chi connectivity index (χ2n) is 1.44. The third-order valence-electron chi connectivity index (χ3n) is 0.706. The summed E-state index contributed by atoms with van der Waals surface area (Å²) in [5, 5.41) is 16.1. The zero-order valence-corrected chi connectivity index (χ0v) is 4.78. The zero-order chi connectivity index (χ0) is 7.28. The number of aliphatic carboxylic acids is 1. The van der Waals surface area contributed by atoms with E-state index in [2.05, 4.69) is 4.74 Å². The fourth-order valence-electron chi connectivity index (χ4n) is 0.251. The number of carboxylic acid groups (broad SMARTS) is 1. The maximum absolute atomic E-state index is 9.92. The Hall–Kier alpha value is -0.650. The summed E-state index contributed by atoms with van der Waals surface area (Å²) in [7, 11) is 0. The molecule has 0 aromatic heterocycles. The number of rotatable bonds is 4. The van der Waals surface area contributed by atoms with Crippen LogP contribution in [0.25, 0.3) is 0 Å². The first-order valence-corrected chi connectivity index (χ1v) is 2.35. The number of carbonyl (C=O) groups is 1. The Morgan fingerprint density at radius 3 is 2.67 bits per heavy atom. The second-order valence-corrected chi connectivity index (χ2v) is 1.44. The number of aliphatic hydroxyl groups excluding tert-OH is 1. The minimum Gasteiger partial charge on any atom is -0.480 e. The largest absolute Gasteiger partial charge is 0.480 e. The van der Waals surface area contributed by atoms with Gasteiger partial charge < -0.3 is 20.7 Å². The summed E-state index contributed by atoms with van der Waals surface area (Å²) in [5.41, 5.74) is 4.97. The van der Waals surface area contributed by atoms with Crippen LogP contribution >= 0.6 is 0 Å². The van der Waals surface area contributed by atoms with Crippen LogP contribution in [0.15, 0.2) is 0 Å². The summed E-state index contributed by atoms with van der Waals surface area (Å²) in [4.78, 5) is 9.92. The Kier molecular flexibility index (Phi) is 3.94. The average Bonchev–Trinajstić information content (AvgIpc) is 1.82. The Morgan fingerprint density at radius 1 is 1.78 bits per heavy atom. The molecule has 0 saturated heterocycles. The molecule has 0 aromatic carbocycles. The molecule has 4 N–H and O–H groups in total. The van der Waals surface area contributed by atoms with Crippen LogP contribution in [0.5, 0.6) is 0 Å². The van der Waals surface area contributed by atoms with Crippen molar-refractivity contribution >= 4 is 5.97 Å². The van der Waals surface area contributed by atoms with Gasteiger partial charge in [0.1, 0.15) is 12.8 Å². The molecule has 5 heteroatoms. The van der Waals surface area contributed by atoms with Gasteiger partial charge >= 0.3 is 5.97 Å². The Balaban J connectivity index is 3.27. The molecule has 1 unspecified atom stereocenters. The van der Waals surface area contributed by atoms with Crippen molar-refractivity contribution in [3.63, 3.8) is 0 Å². The lowest BCUT2D eigenvalue weighted by molar-refractivity contribution is -0.140. The van der Waals surface area contributed by atoms with Crippen molar-refractivity contribution in [1.29, 1.82) is 0 Å². The number of carboxylic acids is 1. The van der Waals surface area contributed by atoms with Gasteiger partial charge in [0, 0.05) is 0 Å². The monoisotopic (exact) mass is 135 g/mol. The van der Waals surface area contributed by atoms with E-state index in [0.29, 0.717) is 0 Å². The van der Waals surface area contributed by atoms with Crippen LogP contribution in [-0.4, -0.2) is 35.6 Å². The van der Waals surface area contributed by atoms with E-state index in [0.717, 1.165) is 0 Å². The van der Waals surface area contributed by atoms with E-state index in [9.17, 15) is 4.79 Å². The van der Waals surface area contributed by atoms with Crippen LogP contribution in [-0.2, 0) is 9.53 Å². The highest BCUT2D eigenvalue weighted by molar-refractivity contribution is 5.73. The van der Waals surface area contributed by atoms with Gasteiger partial charge in [-0.2, -0.15) is 0 Å². The lowest BCUT2D eigenvalue weighted by Crippen LogP contribution is -2.34. The smallest absolute Gasteiger partial charge is 0.322 e. The molecular formula is C4H9NO4. The fourth-order valence-corrected chi connectivity index (χ4v) is 0.251. The van der Waals surface area contributed by atoms with Gasteiger partial charge in [0.15, 0.2) is 0 Å². The molecule has 0 fully saturated rings. The van der Waals surface area contributed by atoms with Crippen molar-refractivity contribution in [2.45, 2.75) is 6.04 Å². The zero-order valence-electron chi connectivity index (χ0n) is 4.78. The quantitative estimate of drug-likeness (QED) is 0.402. The molecule has 0 heterocycles. The fraction of sp³-hybridized carbons (Fsp3) is 0.750. The first kappa shape index (κ1) is 8.35. The molecule has 9 heavy (non-hydrogen) atoms. The second kappa shape index (κ2) is 4.25. The van der Waals surface area contributed by atoms with Crippen molar-refractivity contribution in [3.8, 4) is 0 Å². The number of hydrogen-bond acceptors (Lipinski definition) is 4. The third-order valence-corrected chi connectivity index (χ3v) is 0.706.